The Labute approximate surface area is 98.5 Å². The zero-order valence-electron chi connectivity index (χ0n) is 9.05. The second kappa shape index (κ2) is 4.59. The molecule has 1 N–H and O–H groups in total. The van der Waals surface area contributed by atoms with Gasteiger partial charge in [0.05, 0.1) is 28.6 Å². The molecule has 0 amide bonds. The van der Waals surface area contributed by atoms with Gasteiger partial charge in [-0.25, -0.2) is 0 Å². The van der Waals surface area contributed by atoms with Crippen molar-refractivity contribution >= 4 is 11.6 Å². The average molecular weight is 238 g/mol. The molecule has 16 heavy (non-hydrogen) atoms. The van der Waals surface area contributed by atoms with E-state index in [1.165, 1.54) is 0 Å². The first-order valence-electron chi connectivity index (χ1n) is 4.85. The minimum atomic E-state index is -0.0303. The first-order chi connectivity index (χ1) is 7.72. The van der Waals surface area contributed by atoms with Gasteiger partial charge in [-0.15, -0.1) is 5.10 Å². The Balaban J connectivity index is 2.37. The van der Waals surface area contributed by atoms with Gasteiger partial charge in [-0.3, -0.25) is 9.67 Å². The number of hydrogen-bond acceptors (Lipinski definition) is 4. The van der Waals surface area contributed by atoms with Crippen molar-refractivity contribution in [1.82, 2.24) is 25.3 Å². The number of aromatic nitrogens is 4. The van der Waals surface area contributed by atoms with Crippen LogP contribution in [0.15, 0.2) is 24.5 Å². The van der Waals surface area contributed by atoms with Gasteiger partial charge in [-0.05, 0) is 19.2 Å². The maximum atomic E-state index is 5.80. The first-order valence-corrected chi connectivity index (χ1v) is 5.23. The first kappa shape index (κ1) is 11.0. The van der Waals surface area contributed by atoms with Crippen molar-refractivity contribution in [3.8, 4) is 0 Å². The van der Waals surface area contributed by atoms with Crippen molar-refractivity contribution in [2.75, 3.05) is 7.05 Å². The number of nitrogens with zero attached hydrogens (tertiary/aromatic N) is 4. The van der Waals surface area contributed by atoms with E-state index in [1.807, 2.05) is 26.2 Å². The molecule has 0 aliphatic rings. The summed E-state index contributed by atoms with van der Waals surface area (Å²) < 4.78 is 1.72. The van der Waals surface area contributed by atoms with Crippen molar-refractivity contribution in [2.45, 2.75) is 6.04 Å². The van der Waals surface area contributed by atoms with Crippen LogP contribution in [0.25, 0.3) is 0 Å². The summed E-state index contributed by atoms with van der Waals surface area (Å²) in [6.07, 6.45) is 3.35. The third kappa shape index (κ3) is 2.05. The summed E-state index contributed by atoms with van der Waals surface area (Å²) in [7, 11) is 3.72. The Morgan fingerprint density at radius 3 is 2.69 bits per heavy atom. The molecule has 1 unspecified atom stereocenters. The molecule has 0 saturated heterocycles. The van der Waals surface area contributed by atoms with Crippen molar-refractivity contribution in [3.05, 3.63) is 40.9 Å². The third-order valence-electron chi connectivity index (χ3n) is 2.38. The van der Waals surface area contributed by atoms with Gasteiger partial charge in [0.2, 0.25) is 0 Å². The van der Waals surface area contributed by atoms with Crippen LogP contribution in [0, 0.1) is 0 Å². The summed E-state index contributed by atoms with van der Waals surface area (Å²) in [5, 5.41) is 11.6. The molecule has 0 aliphatic carbocycles. The van der Waals surface area contributed by atoms with Gasteiger partial charge < -0.3 is 5.32 Å². The molecule has 2 aromatic heterocycles. The molecule has 0 fully saturated rings. The van der Waals surface area contributed by atoms with E-state index in [4.69, 9.17) is 11.6 Å². The molecule has 1 atom stereocenters. The van der Waals surface area contributed by atoms with Gasteiger partial charge >= 0.3 is 0 Å². The monoisotopic (exact) mass is 237 g/mol. The lowest BCUT2D eigenvalue weighted by molar-refractivity contribution is 0.587. The van der Waals surface area contributed by atoms with E-state index < -0.39 is 0 Å². The van der Waals surface area contributed by atoms with Crippen LogP contribution in [-0.2, 0) is 7.05 Å². The summed E-state index contributed by atoms with van der Waals surface area (Å²) in [5.74, 6) is 0. The highest BCUT2D eigenvalue weighted by molar-refractivity contribution is 6.30. The fourth-order valence-corrected chi connectivity index (χ4v) is 1.68. The normalized spacial score (nSPS) is 12.7. The van der Waals surface area contributed by atoms with Crippen molar-refractivity contribution < 1.29 is 0 Å². The summed E-state index contributed by atoms with van der Waals surface area (Å²) in [5.41, 5.74) is 1.84. The molecule has 0 bridgehead atoms. The summed E-state index contributed by atoms with van der Waals surface area (Å²) in [4.78, 5) is 4.28. The van der Waals surface area contributed by atoms with Crippen LogP contribution >= 0.6 is 11.6 Å². The second-order valence-corrected chi connectivity index (χ2v) is 3.84. The smallest absolute Gasteiger partial charge is 0.0935 e. The maximum absolute atomic E-state index is 5.80. The van der Waals surface area contributed by atoms with Crippen LogP contribution in [0.5, 0.6) is 0 Å². The van der Waals surface area contributed by atoms with E-state index in [1.54, 1.807) is 17.1 Å². The lowest BCUT2D eigenvalue weighted by Crippen LogP contribution is -2.21. The maximum Gasteiger partial charge on any atom is 0.0935 e. The van der Waals surface area contributed by atoms with Crippen molar-refractivity contribution in [1.29, 1.82) is 0 Å². The Kier molecular flexibility index (Phi) is 3.17. The largest absolute Gasteiger partial charge is 0.307 e. The molecule has 84 valence electrons. The van der Waals surface area contributed by atoms with Gasteiger partial charge in [0.15, 0.2) is 0 Å². The van der Waals surface area contributed by atoms with Gasteiger partial charge in [0.1, 0.15) is 0 Å². The topological polar surface area (TPSA) is 55.6 Å². The number of halogens is 1. The number of pyridine rings is 1. The highest BCUT2D eigenvalue weighted by Gasteiger charge is 2.16. The minimum Gasteiger partial charge on any atom is -0.307 e. The summed E-state index contributed by atoms with van der Waals surface area (Å²) >= 11 is 5.80. The predicted molar refractivity (Wildman–Crippen MR) is 61.2 cm³/mol. The van der Waals surface area contributed by atoms with E-state index in [9.17, 15) is 0 Å². The Morgan fingerprint density at radius 1 is 1.38 bits per heavy atom. The van der Waals surface area contributed by atoms with E-state index in [-0.39, 0.29) is 6.04 Å². The molecule has 2 rings (SSSR count). The molecule has 0 aromatic carbocycles. The molecule has 0 aliphatic heterocycles. The molecule has 2 aromatic rings. The Bertz CT molecular complexity index is 464. The van der Waals surface area contributed by atoms with Gasteiger partial charge in [0.25, 0.3) is 0 Å². The molecular weight excluding hydrogens is 226 g/mol. The number of hydrogen-bond donors (Lipinski definition) is 1. The average Bonchev–Trinajstić information content (AvgIpc) is 2.69. The fraction of sp³-hybridized carbons (Fsp3) is 0.300. The predicted octanol–water partition coefficient (Wildman–Crippen LogP) is 1.17. The zero-order valence-corrected chi connectivity index (χ0v) is 9.81. The summed E-state index contributed by atoms with van der Waals surface area (Å²) in [6.45, 7) is 0. The fourth-order valence-electron chi connectivity index (χ4n) is 1.56. The lowest BCUT2D eigenvalue weighted by Gasteiger charge is -2.14. The summed E-state index contributed by atoms with van der Waals surface area (Å²) in [6, 6.07) is 3.67. The Morgan fingerprint density at radius 2 is 2.19 bits per heavy atom. The van der Waals surface area contributed by atoms with E-state index in [2.05, 4.69) is 20.6 Å². The zero-order chi connectivity index (χ0) is 11.5. The number of aryl methyl sites for hydroxylation is 1. The molecule has 2 heterocycles. The van der Waals surface area contributed by atoms with Crippen LogP contribution in [0.3, 0.4) is 0 Å². The SMILES string of the molecule is CNC(c1ccc(Cl)cn1)c1cnnn1C. The van der Waals surface area contributed by atoms with Gasteiger partial charge in [-0.1, -0.05) is 16.8 Å². The van der Waals surface area contributed by atoms with Gasteiger partial charge in [0, 0.05) is 13.2 Å². The van der Waals surface area contributed by atoms with Gasteiger partial charge in [-0.2, -0.15) is 0 Å². The molecule has 0 saturated carbocycles. The standard InChI is InChI=1S/C10H12ClN5/c1-12-10(9-6-14-15-16(9)2)8-4-3-7(11)5-13-8/h3-6,10,12H,1-2H3. The van der Waals surface area contributed by atoms with Crippen LogP contribution in [-0.4, -0.2) is 27.0 Å². The Hall–Kier alpha value is -1.46. The lowest BCUT2D eigenvalue weighted by atomic mass is 10.1. The highest BCUT2D eigenvalue weighted by Crippen LogP contribution is 2.19. The minimum absolute atomic E-state index is 0.0303. The van der Waals surface area contributed by atoms with Crippen LogP contribution in [0.4, 0.5) is 0 Å². The number of nitrogens with one attached hydrogen (secondary N) is 1. The van der Waals surface area contributed by atoms with Crippen LogP contribution in [0.1, 0.15) is 17.4 Å². The van der Waals surface area contributed by atoms with Crippen LogP contribution < -0.4 is 5.32 Å². The second-order valence-electron chi connectivity index (χ2n) is 3.41. The third-order valence-corrected chi connectivity index (χ3v) is 2.60. The van der Waals surface area contributed by atoms with E-state index in [0.29, 0.717) is 5.02 Å². The van der Waals surface area contributed by atoms with Crippen molar-refractivity contribution in [2.24, 2.45) is 7.05 Å². The van der Waals surface area contributed by atoms with E-state index >= 15 is 0 Å². The molecular formula is C10H12ClN5. The van der Waals surface area contributed by atoms with E-state index in [0.717, 1.165) is 11.4 Å². The quantitative estimate of drug-likeness (QED) is 0.871. The molecule has 6 heteroatoms. The molecule has 0 spiro atoms. The highest BCUT2D eigenvalue weighted by atomic mass is 35.5. The number of rotatable bonds is 3. The molecule has 5 nitrogen and oxygen atoms in total. The molecule has 0 radical (unpaired) electrons. The van der Waals surface area contributed by atoms with Crippen LogP contribution in [0.2, 0.25) is 5.02 Å². The van der Waals surface area contributed by atoms with Crippen molar-refractivity contribution in [3.63, 3.8) is 0 Å².